The summed E-state index contributed by atoms with van der Waals surface area (Å²) in [6.45, 7) is 23.7. The molecule has 9 heteroatoms. The maximum Gasteiger partial charge on any atom is 0.338 e. The highest BCUT2D eigenvalue weighted by atomic mass is 28.4. The van der Waals surface area contributed by atoms with Gasteiger partial charge in [-0.1, -0.05) is 77.9 Å². The second kappa shape index (κ2) is 13.1. The third-order valence-corrected chi connectivity index (χ3v) is 18.0. The van der Waals surface area contributed by atoms with Crippen LogP contribution in [0.25, 0.3) is 0 Å². The Bertz CT molecular complexity index is 1190. The Morgan fingerprint density at radius 1 is 0.690 bits per heavy atom. The molecule has 232 valence electrons. The van der Waals surface area contributed by atoms with E-state index in [4.69, 9.17) is 23.1 Å². The summed E-state index contributed by atoms with van der Waals surface area (Å²) in [7, 11) is -4.62. The van der Waals surface area contributed by atoms with Gasteiger partial charge in [-0.3, -0.25) is 0 Å². The topological polar surface area (TPSA) is 80.3 Å². The van der Waals surface area contributed by atoms with E-state index in [1.165, 1.54) is 0 Å². The Balaban J connectivity index is 2.05. The van der Waals surface area contributed by atoms with E-state index in [0.717, 1.165) is 0 Å². The van der Waals surface area contributed by atoms with Crippen molar-refractivity contribution in [1.82, 2.24) is 0 Å². The molecule has 3 rings (SSSR count). The molecule has 1 aliphatic rings. The molecule has 3 unspecified atom stereocenters. The second-order valence-electron chi connectivity index (χ2n) is 14.3. The largest absolute Gasteiger partial charge is 0.453 e. The van der Waals surface area contributed by atoms with Crippen LogP contribution >= 0.6 is 0 Å². The fourth-order valence-electron chi connectivity index (χ4n) is 4.23. The molecule has 0 N–H and O–H groups in total. The van der Waals surface area contributed by atoms with Gasteiger partial charge in [0.25, 0.3) is 0 Å². The Labute approximate surface area is 254 Å². The maximum atomic E-state index is 13.5. The van der Waals surface area contributed by atoms with Gasteiger partial charge in [0.2, 0.25) is 0 Å². The molecule has 1 fully saturated rings. The molecule has 1 aliphatic heterocycles. The van der Waals surface area contributed by atoms with Crippen LogP contribution in [0.4, 0.5) is 0 Å². The predicted molar refractivity (Wildman–Crippen MR) is 171 cm³/mol. The molecule has 0 aromatic heterocycles. The molecular formula is C33H50O7Si2. The van der Waals surface area contributed by atoms with Crippen LogP contribution in [0.3, 0.4) is 0 Å². The van der Waals surface area contributed by atoms with Gasteiger partial charge in [-0.2, -0.15) is 0 Å². The van der Waals surface area contributed by atoms with Crippen molar-refractivity contribution in [2.75, 3.05) is 6.61 Å². The molecule has 42 heavy (non-hydrogen) atoms. The van der Waals surface area contributed by atoms with Crippen molar-refractivity contribution in [3.63, 3.8) is 0 Å². The lowest BCUT2D eigenvalue weighted by molar-refractivity contribution is -0.219. The van der Waals surface area contributed by atoms with Gasteiger partial charge < -0.3 is 23.1 Å². The summed E-state index contributed by atoms with van der Waals surface area (Å²) in [6.07, 6.45) is -3.61. The van der Waals surface area contributed by atoms with Crippen molar-refractivity contribution in [1.29, 1.82) is 0 Å². The average molecular weight is 615 g/mol. The smallest absolute Gasteiger partial charge is 0.338 e. The number of ether oxygens (including phenoxy) is 3. The Hall–Kier alpha value is -2.31. The summed E-state index contributed by atoms with van der Waals surface area (Å²) in [5.41, 5.74) is 0.848. The van der Waals surface area contributed by atoms with Crippen molar-refractivity contribution < 1.29 is 32.7 Å². The van der Waals surface area contributed by atoms with Gasteiger partial charge in [0.05, 0.1) is 23.8 Å². The highest BCUT2D eigenvalue weighted by molar-refractivity contribution is 6.74. The highest BCUT2D eigenvalue weighted by Crippen LogP contribution is 2.42. The summed E-state index contributed by atoms with van der Waals surface area (Å²) >= 11 is 0. The second-order valence-corrected chi connectivity index (χ2v) is 23.8. The molecule has 1 saturated heterocycles. The van der Waals surface area contributed by atoms with Crippen molar-refractivity contribution >= 4 is 28.6 Å². The van der Waals surface area contributed by atoms with Gasteiger partial charge in [-0.05, 0) is 67.5 Å². The fourth-order valence-corrected chi connectivity index (χ4v) is 6.54. The summed E-state index contributed by atoms with van der Waals surface area (Å²) in [6, 6.07) is 17.7. The highest BCUT2D eigenvalue weighted by Gasteiger charge is 2.53. The third kappa shape index (κ3) is 8.20. The minimum atomic E-state index is -2.46. The average Bonchev–Trinajstić information content (AvgIpc) is 2.90. The van der Waals surface area contributed by atoms with Crippen LogP contribution in [0.1, 0.15) is 69.2 Å². The Morgan fingerprint density at radius 3 is 1.55 bits per heavy atom. The van der Waals surface area contributed by atoms with E-state index in [2.05, 4.69) is 67.7 Å². The molecule has 7 nitrogen and oxygen atoms in total. The van der Waals surface area contributed by atoms with Crippen molar-refractivity contribution in [3.05, 3.63) is 71.8 Å². The van der Waals surface area contributed by atoms with Gasteiger partial charge >= 0.3 is 11.9 Å². The maximum absolute atomic E-state index is 13.5. The minimum absolute atomic E-state index is 0.0196. The van der Waals surface area contributed by atoms with Crippen LogP contribution in [-0.2, 0) is 23.1 Å². The molecule has 0 bridgehead atoms. The summed E-state index contributed by atoms with van der Waals surface area (Å²) in [4.78, 5) is 26.8. The first-order chi connectivity index (χ1) is 19.3. The number of esters is 2. The van der Waals surface area contributed by atoms with Crippen molar-refractivity contribution in [3.8, 4) is 0 Å². The minimum Gasteiger partial charge on any atom is -0.453 e. The molecule has 0 radical (unpaired) electrons. The third-order valence-electron chi connectivity index (χ3n) is 9.02. The van der Waals surface area contributed by atoms with E-state index in [0.29, 0.717) is 11.1 Å². The van der Waals surface area contributed by atoms with E-state index >= 15 is 0 Å². The first-order valence-corrected chi connectivity index (χ1v) is 20.6. The van der Waals surface area contributed by atoms with Gasteiger partial charge in [-0.15, -0.1) is 0 Å². The normalized spacial score (nSPS) is 23.7. The molecule has 2 aromatic carbocycles. The van der Waals surface area contributed by atoms with Gasteiger partial charge in [0.1, 0.15) is 12.2 Å². The zero-order chi connectivity index (χ0) is 31.5. The van der Waals surface area contributed by atoms with E-state index in [1.54, 1.807) is 48.5 Å². The van der Waals surface area contributed by atoms with Gasteiger partial charge in [-0.25, -0.2) is 9.59 Å². The number of benzene rings is 2. The van der Waals surface area contributed by atoms with Crippen LogP contribution < -0.4 is 0 Å². The van der Waals surface area contributed by atoms with Crippen LogP contribution in [-0.4, -0.2) is 65.7 Å². The van der Waals surface area contributed by atoms with E-state index in [9.17, 15) is 9.59 Å². The molecule has 1 heterocycles. The first-order valence-electron chi connectivity index (χ1n) is 14.8. The van der Waals surface area contributed by atoms with Gasteiger partial charge in [0, 0.05) is 0 Å². The van der Waals surface area contributed by atoms with Crippen LogP contribution in [0.2, 0.25) is 36.3 Å². The van der Waals surface area contributed by atoms with E-state index in [1.807, 2.05) is 19.1 Å². The van der Waals surface area contributed by atoms with Crippen LogP contribution in [0.15, 0.2) is 60.7 Å². The SMILES string of the molecule is C[C@@H]1OC(CO[Si](C)(C)C(C)(C)C)[C@@H](OC(=O)c2ccccc2)C(O[Si](C)(C)C(C)(C)C)C1OC(=O)c1ccccc1. The standard InChI is InChI=1S/C33H50O7Si2/c1-23-27(38-30(34)24-18-14-12-15-19-24)29(40-42(10,11)33(5,6)7)28(39-31(35)25-20-16-13-17-21-25)26(37-23)22-36-41(8,9)32(2,3)4/h12-21,23,26-29H,22H2,1-11H3/t23-,26?,27?,28+,29?/m0/s1. The molecule has 0 spiro atoms. The monoisotopic (exact) mass is 614 g/mol. The Morgan fingerprint density at radius 2 is 1.12 bits per heavy atom. The number of hydrogen-bond acceptors (Lipinski definition) is 7. The lowest BCUT2D eigenvalue weighted by Gasteiger charge is -2.49. The molecule has 0 amide bonds. The van der Waals surface area contributed by atoms with Crippen LogP contribution in [0.5, 0.6) is 0 Å². The predicted octanol–water partition coefficient (Wildman–Crippen LogP) is 7.64. The number of carbonyl (C=O) groups is 2. The zero-order valence-electron chi connectivity index (χ0n) is 27.2. The summed E-state index contributed by atoms with van der Waals surface area (Å²) in [5.74, 6) is -0.975. The lowest BCUT2D eigenvalue weighted by Crippen LogP contribution is -2.64. The summed E-state index contributed by atoms with van der Waals surface area (Å²) < 4.78 is 32.5. The number of hydrogen-bond donors (Lipinski definition) is 0. The molecule has 0 aliphatic carbocycles. The molecule has 0 saturated carbocycles. The van der Waals surface area contributed by atoms with E-state index < -0.39 is 59.1 Å². The first kappa shape index (κ1) is 34.2. The zero-order valence-corrected chi connectivity index (χ0v) is 29.2. The van der Waals surface area contributed by atoms with E-state index in [-0.39, 0.29) is 16.7 Å². The Kier molecular flexibility index (Phi) is 10.7. The quantitative estimate of drug-likeness (QED) is 0.212. The van der Waals surface area contributed by atoms with Gasteiger partial charge in [0.15, 0.2) is 28.8 Å². The molecule has 2 aromatic rings. The summed E-state index contributed by atoms with van der Waals surface area (Å²) in [5, 5.41) is -0.169. The van der Waals surface area contributed by atoms with Crippen molar-refractivity contribution in [2.24, 2.45) is 0 Å². The van der Waals surface area contributed by atoms with Crippen LogP contribution in [0, 0.1) is 0 Å². The van der Waals surface area contributed by atoms with Crippen molar-refractivity contribution in [2.45, 2.75) is 115 Å². The molecular weight excluding hydrogens is 565 g/mol. The number of rotatable bonds is 9. The lowest BCUT2D eigenvalue weighted by atomic mass is 9.95. The number of carbonyl (C=O) groups excluding carboxylic acids is 2. The fraction of sp³-hybridized carbons (Fsp3) is 0.576. The molecule has 5 atom stereocenters.